The highest BCUT2D eigenvalue weighted by molar-refractivity contribution is 6.31. The monoisotopic (exact) mass is 270 g/mol. The molecule has 1 saturated heterocycles. The summed E-state index contributed by atoms with van der Waals surface area (Å²) in [6.07, 6.45) is 0.875. The molecule has 3 nitrogen and oxygen atoms in total. The third-order valence-electron chi connectivity index (χ3n) is 3.21. The highest BCUT2D eigenvalue weighted by Gasteiger charge is 2.25. The van der Waals surface area contributed by atoms with E-state index in [1.807, 2.05) is 0 Å². The van der Waals surface area contributed by atoms with Crippen molar-refractivity contribution in [2.75, 3.05) is 20.1 Å². The Kier molecular flexibility index (Phi) is 4.19. The highest BCUT2D eigenvalue weighted by Crippen LogP contribution is 2.20. The Morgan fingerprint density at radius 2 is 2.39 bits per heavy atom. The first-order chi connectivity index (χ1) is 8.58. The number of amides is 1. The van der Waals surface area contributed by atoms with E-state index in [1.54, 1.807) is 18.0 Å². The van der Waals surface area contributed by atoms with Crippen LogP contribution in [0.4, 0.5) is 4.39 Å². The second-order valence-electron chi connectivity index (χ2n) is 4.62. The number of nitrogens with zero attached hydrogens (tertiary/aromatic N) is 1. The van der Waals surface area contributed by atoms with Crippen LogP contribution in [-0.4, -0.2) is 30.9 Å². The maximum atomic E-state index is 12.9. The molecular weight excluding hydrogens is 255 g/mol. The minimum atomic E-state index is -0.363. The third-order valence-corrected chi connectivity index (χ3v) is 3.56. The quantitative estimate of drug-likeness (QED) is 0.912. The SMILES string of the molecule is CN(Cc1ccc(F)cc1Cl)C(=O)[C@H]1CCNC1. The Bertz CT molecular complexity index is 447. The van der Waals surface area contributed by atoms with Gasteiger partial charge in [-0.15, -0.1) is 0 Å². The lowest BCUT2D eigenvalue weighted by Gasteiger charge is -2.21. The Balaban J connectivity index is 2.01. The molecule has 0 aromatic heterocycles. The van der Waals surface area contributed by atoms with Crippen molar-refractivity contribution in [3.8, 4) is 0 Å². The minimum Gasteiger partial charge on any atom is -0.341 e. The van der Waals surface area contributed by atoms with Crippen LogP contribution in [-0.2, 0) is 11.3 Å². The number of carbonyl (C=O) groups is 1. The van der Waals surface area contributed by atoms with E-state index in [4.69, 9.17) is 11.6 Å². The highest BCUT2D eigenvalue weighted by atomic mass is 35.5. The van der Waals surface area contributed by atoms with Crippen LogP contribution in [0.3, 0.4) is 0 Å². The van der Waals surface area contributed by atoms with Crippen LogP contribution in [0.5, 0.6) is 0 Å². The molecule has 0 saturated carbocycles. The van der Waals surface area contributed by atoms with Crippen LogP contribution in [0.2, 0.25) is 5.02 Å². The van der Waals surface area contributed by atoms with E-state index >= 15 is 0 Å². The maximum Gasteiger partial charge on any atom is 0.227 e. The van der Waals surface area contributed by atoms with Gasteiger partial charge in [0.25, 0.3) is 0 Å². The van der Waals surface area contributed by atoms with Gasteiger partial charge >= 0.3 is 0 Å². The average Bonchev–Trinajstić information content (AvgIpc) is 2.85. The standard InChI is InChI=1S/C13H16ClFN2O/c1-17(13(18)9-4-5-16-7-9)8-10-2-3-11(15)6-12(10)14/h2-3,6,9,16H,4-5,7-8H2,1H3/t9-/m0/s1. The molecular formula is C13H16ClFN2O. The van der Waals surface area contributed by atoms with E-state index in [0.717, 1.165) is 25.1 Å². The van der Waals surface area contributed by atoms with Crippen molar-refractivity contribution in [3.05, 3.63) is 34.6 Å². The average molecular weight is 271 g/mol. The van der Waals surface area contributed by atoms with Gasteiger partial charge in [0.05, 0.1) is 5.92 Å². The first-order valence-electron chi connectivity index (χ1n) is 5.97. The molecule has 0 unspecified atom stereocenters. The number of carbonyl (C=O) groups excluding carboxylic acids is 1. The normalized spacial score (nSPS) is 18.9. The smallest absolute Gasteiger partial charge is 0.227 e. The number of nitrogens with one attached hydrogen (secondary N) is 1. The molecule has 5 heteroatoms. The van der Waals surface area contributed by atoms with Crippen molar-refractivity contribution in [2.24, 2.45) is 5.92 Å². The van der Waals surface area contributed by atoms with Crippen molar-refractivity contribution in [1.29, 1.82) is 0 Å². The minimum absolute atomic E-state index is 0.0502. The molecule has 2 rings (SSSR count). The van der Waals surface area contributed by atoms with Gasteiger partial charge in [-0.2, -0.15) is 0 Å². The molecule has 1 atom stereocenters. The molecule has 98 valence electrons. The summed E-state index contributed by atoms with van der Waals surface area (Å²) in [6.45, 7) is 2.04. The van der Waals surface area contributed by atoms with Gasteiger partial charge < -0.3 is 10.2 Å². The Hall–Kier alpha value is -1.13. The summed E-state index contributed by atoms with van der Waals surface area (Å²) in [7, 11) is 1.75. The van der Waals surface area contributed by atoms with Crippen LogP contribution < -0.4 is 5.32 Å². The predicted molar refractivity (Wildman–Crippen MR) is 68.9 cm³/mol. The van der Waals surface area contributed by atoms with Gasteiger partial charge in [0, 0.05) is 25.2 Å². The fourth-order valence-electron chi connectivity index (χ4n) is 2.16. The molecule has 0 radical (unpaired) electrons. The topological polar surface area (TPSA) is 32.3 Å². The zero-order valence-corrected chi connectivity index (χ0v) is 11.0. The third kappa shape index (κ3) is 3.00. The van der Waals surface area contributed by atoms with E-state index in [1.165, 1.54) is 12.1 Å². The van der Waals surface area contributed by atoms with Crippen molar-refractivity contribution in [3.63, 3.8) is 0 Å². The van der Waals surface area contributed by atoms with Gasteiger partial charge in [-0.3, -0.25) is 4.79 Å². The molecule has 0 bridgehead atoms. The van der Waals surface area contributed by atoms with Crippen molar-refractivity contribution < 1.29 is 9.18 Å². The van der Waals surface area contributed by atoms with Gasteiger partial charge in [0.2, 0.25) is 5.91 Å². The first kappa shape index (κ1) is 13.3. The zero-order valence-electron chi connectivity index (χ0n) is 10.2. The Morgan fingerprint density at radius 1 is 1.61 bits per heavy atom. The van der Waals surface area contributed by atoms with E-state index in [-0.39, 0.29) is 17.6 Å². The second-order valence-corrected chi connectivity index (χ2v) is 5.03. The van der Waals surface area contributed by atoms with Gasteiger partial charge in [-0.1, -0.05) is 17.7 Å². The van der Waals surface area contributed by atoms with Crippen molar-refractivity contribution in [2.45, 2.75) is 13.0 Å². The molecule has 1 fully saturated rings. The second kappa shape index (κ2) is 5.67. The Labute approximate surface area is 111 Å². The number of rotatable bonds is 3. The zero-order chi connectivity index (χ0) is 13.1. The van der Waals surface area contributed by atoms with Crippen molar-refractivity contribution >= 4 is 17.5 Å². The molecule has 1 N–H and O–H groups in total. The summed E-state index contributed by atoms with van der Waals surface area (Å²) in [4.78, 5) is 13.7. The predicted octanol–water partition coefficient (Wildman–Crippen LogP) is 2.05. The summed E-state index contributed by atoms with van der Waals surface area (Å²) in [6, 6.07) is 4.25. The van der Waals surface area contributed by atoms with Crippen molar-refractivity contribution in [1.82, 2.24) is 10.2 Å². The van der Waals surface area contributed by atoms with Crippen LogP contribution >= 0.6 is 11.6 Å². The number of hydrogen-bond acceptors (Lipinski definition) is 2. The molecule has 1 aromatic carbocycles. The molecule has 0 spiro atoms. The van der Waals surface area contributed by atoms with E-state index in [9.17, 15) is 9.18 Å². The lowest BCUT2D eigenvalue weighted by Crippen LogP contribution is -2.33. The van der Waals surface area contributed by atoms with Gasteiger partial charge in [-0.05, 0) is 30.7 Å². The van der Waals surface area contributed by atoms with E-state index in [0.29, 0.717) is 11.6 Å². The number of hydrogen-bond donors (Lipinski definition) is 1. The summed E-state index contributed by atoms with van der Waals surface area (Å²) in [5.74, 6) is -0.202. The summed E-state index contributed by atoms with van der Waals surface area (Å²) >= 11 is 5.95. The summed E-state index contributed by atoms with van der Waals surface area (Å²) in [5.41, 5.74) is 0.764. The Morgan fingerprint density at radius 3 is 3.00 bits per heavy atom. The summed E-state index contributed by atoms with van der Waals surface area (Å²) in [5, 5.41) is 3.53. The molecule has 18 heavy (non-hydrogen) atoms. The molecule has 0 aliphatic carbocycles. The van der Waals surface area contributed by atoms with Gasteiger partial charge in [0.15, 0.2) is 0 Å². The molecule has 1 heterocycles. The van der Waals surface area contributed by atoms with Crippen LogP contribution in [0.15, 0.2) is 18.2 Å². The lowest BCUT2D eigenvalue weighted by molar-refractivity contribution is -0.134. The van der Waals surface area contributed by atoms with Gasteiger partial charge in [0.1, 0.15) is 5.82 Å². The largest absolute Gasteiger partial charge is 0.341 e. The van der Waals surface area contributed by atoms with Crippen LogP contribution in [0.25, 0.3) is 0 Å². The molecule has 1 amide bonds. The first-order valence-corrected chi connectivity index (χ1v) is 6.35. The fourth-order valence-corrected chi connectivity index (χ4v) is 2.39. The lowest BCUT2D eigenvalue weighted by atomic mass is 10.1. The van der Waals surface area contributed by atoms with Crippen LogP contribution in [0, 0.1) is 11.7 Å². The molecule has 1 aromatic rings. The summed E-state index contributed by atoms with van der Waals surface area (Å²) < 4.78 is 12.9. The van der Waals surface area contributed by atoms with Crippen LogP contribution in [0.1, 0.15) is 12.0 Å². The fraction of sp³-hybridized carbons (Fsp3) is 0.462. The molecule has 1 aliphatic heterocycles. The molecule has 1 aliphatic rings. The van der Waals surface area contributed by atoms with Gasteiger partial charge in [-0.25, -0.2) is 4.39 Å². The van der Waals surface area contributed by atoms with E-state index < -0.39 is 0 Å². The van der Waals surface area contributed by atoms with E-state index in [2.05, 4.69) is 5.32 Å². The maximum absolute atomic E-state index is 12.9. The number of benzene rings is 1. The number of halogens is 2.